The van der Waals surface area contributed by atoms with Crippen LogP contribution in [0.4, 0.5) is 0 Å². The number of nitrogens with zero attached hydrogens (tertiary/aromatic N) is 3. The summed E-state index contributed by atoms with van der Waals surface area (Å²) < 4.78 is 1.69. The highest BCUT2D eigenvalue weighted by Gasteiger charge is 2.03. The van der Waals surface area contributed by atoms with Crippen molar-refractivity contribution in [3.8, 4) is 6.07 Å². The van der Waals surface area contributed by atoms with Gasteiger partial charge in [0.25, 0.3) is 0 Å². The fraction of sp³-hybridized carbons (Fsp3) is 0.429. The summed E-state index contributed by atoms with van der Waals surface area (Å²) >= 11 is 5.64. The number of nitriles is 1. The Kier molecular flexibility index (Phi) is 2.50. The van der Waals surface area contributed by atoms with Crippen LogP contribution in [-0.2, 0) is 0 Å². The molecule has 0 fully saturated rings. The number of halogens is 1. The van der Waals surface area contributed by atoms with Crippen LogP contribution in [0.15, 0.2) is 12.4 Å². The van der Waals surface area contributed by atoms with Crippen LogP contribution in [-0.4, -0.2) is 9.78 Å². The molecule has 0 aliphatic heterocycles. The van der Waals surface area contributed by atoms with E-state index in [1.165, 1.54) is 0 Å². The zero-order valence-electron chi connectivity index (χ0n) is 6.16. The Labute approximate surface area is 70.2 Å². The molecule has 0 N–H and O–H groups in total. The molecule has 0 bridgehead atoms. The van der Waals surface area contributed by atoms with Gasteiger partial charge in [-0.25, -0.2) is 0 Å². The molecule has 11 heavy (non-hydrogen) atoms. The van der Waals surface area contributed by atoms with Crippen molar-refractivity contribution in [3.05, 3.63) is 17.4 Å². The van der Waals surface area contributed by atoms with Crippen LogP contribution in [0.25, 0.3) is 0 Å². The van der Waals surface area contributed by atoms with Gasteiger partial charge in [-0.1, -0.05) is 11.6 Å². The van der Waals surface area contributed by atoms with Gasteiger partial charge in [0.2, 0.25) is 0 Å². The van der Waals surface area contributed by atoms with Crippen molar-refractivity contribution in [2.75, 3.05) is 0 Å². The van der Waals surface area contributed by atoms with E-state index >= 15 is 0 Å². The van der Waals surface area contributed by atoms with E-state index in [-0.39, 0.29) is 6.04 Å². The van der Waals surface area contributed by atoms with E-state index < -0.39 is 0 Å². The van der Waals surface area contributed by atoms with Crippen LogP contribution >= 0.6 is 11.6 Å². The van der Waals surface area contributed by atoms with Crippen LogP contribution in [0, 0.1) is 11.3 Å². The maximum Gasteiger partial charge on any atom is 0.0785 e. The summed E-state index contributed by atoms with van der Waals surface area (Å²) in [4.78, 5) is 0. The molecule has 0 saturated carbocycles. The Morgan fingerprint density at radius 2 is 2.64 bits per heavy atom. The molecule has 0 aromatic carbocycles. The van der Waals surface area contributed by atoms with Gasteiger partial charge < -0.3 is 0 Å². The van der Waals surface area contributed by atoms with Crippen LogP contribution in [0.3, 0.4) is 0 Å². The van der Waals surface area contributed by atoms with E-state index in [4.69, 9.17) is 16.9 Å². The number of hydrogen-bond donors (Lipinski definition) is 0. The molecular weight excluding hydrogens is 162 g/mol. The third-order valence-corrected chi connectivity index (χ3v) is 1.60. The molecule has 0 saturated heterocycles. The Morgan fingerprint density at radius 3 is 3.09 bits per heavy atom. The maximum absolute atomic E-state index is 8.38. The molecule has 4 heteroatoms. The first-order valence-corrected chi connectivity index (χ1v) is 3.68. The quantitative estimate of drug-likeness (QED) is 0.680. The third kappa shape index (κ3) is 1.95. The van der Waals surface area contributed by atoms with Crippen molar-refractivity contribution in [2.45, 2.75) is 19.4 Å². The van der Waals surface area contributed by atoms with E-state index in [9.17, 15) is 0 Å². The lowest BCUT2D eigenvalue weighted by atomic mass is 10.3. The summed E-state index contributed by atoms with van der Waals surface area (Å²) in [6.07, 6.45) is 3.73. The molecule has 58 valence electrons. The lowest BCUT2D eigenvalue weighted by Crippen LogP contribution is -2.03. The fourth-order valence-corrected chi connectivity index (χ4v) is 0.925. The molecule has 3 nitrogen and oxygen atoms in total. The summed E-state index contributed by atoms with van der Waals surface area (Å²) in [6, 6.07) is 2.18. The highest BCUT2D eigenvalue weighted by molar-refractivity contribution is 6.30. The lowest BCUT2D eigenvalue weighted by molar-refractivity contribution is 0.500. The first-order chi connectivity index (χ1) is 5.24. The van der Waals surface area contributed by atoms with Crippen molar-refractivity contribution < 1.29 is 0 Å². The van der Waals surface area contributed by atoms with E-state index in [0.717, 1.165) is 0 Å². The molecule has 0 unspecified atom stereocenters. The Morgan fingerprint density at radius 1 is 1.91 bits per heavy atom. The van der Waals surface area contributed by atoms with Gasteiger partial charge >= 0.3 is 0 Å². The van der Waals surface area contributed by atoms with Crippen molar-refractivity contribution in [3.63, 3.8) is 0 Å². The first kappa shape index (κ1) is 8.09. The predicted octanol–water partition coefficient (Wildman–Crippen LogP) is 2.01. The molecule has 1 rings (SSSR count). The smallest absolute Gasteiger partial charge is 0.0785 e. The van der Waals surface area contributed by atoms with E-state index in [1.54, 1.807) is 17.1 Å². The van der Waals surface area contributed by atoms with Gasteiger partial charge in [-0.15, -0.1) is 0 Å². The Bertz CT molecular complexity index is 273. The monoisotopic (exact) mass is 169 g/mol. The lowest BCUT2D eigenvalue weighted by Gasteiger charge is -2.05. The summed E-state index contributed by atoms with van der Waals surface area (Å²) in [6.45, 7) is 1.92. The van der Waals surface area contributed by atoms with Crippen molar-refractivity contribution in [1.82, 2.24) is 9.78 Å². The van der Waals surface area contributed by atoms with Crippen LogP contribution in [0.2, 0.25) is 5.02 Å². The standard InChI is InChI=1S/C7H8ClN3/c1-6(2-3-9)11-5-7(8)4-10-11/h4-6H,2H2,1H3/t6-/m1/s1. The molecule has 0 spiro atoms. The summed E-state index contributed by atoms with van der Waals surface area (Å²) in [5.41, 5.74) is 0. The Balaban J connectivity index is 2.70. The normalized spacial score (nSPS) is 12.5. The van der Waals surface area contributed by atoms with Gasteiger partial charge in [0.1, 0.15) is 0 Å². The second-order valence-corrected chi connectivity index (χ2v) is 2.79. The van der Waals surface area contributed by atoms with Gasteiger partial charge in [0.15, 0.2) is 0 Å². The van der Waals surface area contributed by atoms with Crippen molar-refractivity contribution >= 4 is 11.6 Å². The highest BCUT2D eigenvalue weighted by atomic mass is 35.5. The second kappa shape index (κ2) is 3.40. The van der Waals surface area contributed by atoms with Crippen molar-refractivity contribution in [1.29, 1.82) is 5.26 Å². The molecule has 0 radical (unpaired) electrons. The maximum atomic E-state index is 8.38. The van der Waals surface area contributed by atoms with Gasteiger partial charge in [-0.3, -0.25) is 4.68 Å². The molecule has 1 aromatic heterocycles. The molecule has 1 heterocycles. The molecule has 1 atom stereocenters. The van der Waals surface area contributed by atoms with E-state index in [0.29, 0.717) is 11.4 Å². The van der Waals surface area contributed by atoms with Crippen LogP contribution < -0.4 is 0 Å². The average molecular weight is 170 g/mol. The summed E-state index contributed by atoms with van der Waals surface area (Å²) in [7, 11) is 0. The van der Waals surface area contributed by atoms with E-state index in [2.05, 4.69) is 11.2 Å². The zero-order chi connectivity index (χ0) is 8.27. The summed E-state index contributed by atoms with van der Waals surface area (Å²) in [5, 5.41) is 13.0. The van der Waals surface area contributed by atoms with Crippen molar-refractivity contribution in [2.24, 2.45) is 0 Å². The fourth-order valence-electron chi connectivity index (χ4n) is 0.782. The van der Waals surface area contributed by atoms with E-state index in [1.807, 2.05) is 6.92 Å². The topological polar surface area (TPSA) is 41.6 Å². The highest BCUT2D eigenvalue weighted by Crippen LogP contribution is 2.12. The van der Waals surface area contributed by atoms with Gasteiger partial charge in [0, 0.05) is 6.20 Å². The largest absolute Gasteiger partial charge is 0.267 e. The zero-order valence-corrected chi connectivity index (χ0v) is 6.91. The molecule has 0 amide bonds. The summed E-state index contributed by atoms with van der Waals surface area (Å²) in [5.74, 6) is 0. The number of hydrogen-bond acceptors (Lipinski definition) is 2. The predicted molar refractivity (Wildman–Crippen MR) is 42.2 cm³/mol. The number of rotatable bonds is 2. The van der Waals surface area contributed by atoms with Crippen LogP contribution in [0.5, 0.6) is 0 Å². The van der Waals surface area contributed by atoms with Gasteiger partial charge in [-0.05, 0) is 6.92 Å². The minimum Gasteiger partial charge on any atom is -0.267 e. The Hall–Kier alpha value is -1.01. The first-order valence-electron chi connectivity index (χ1n) is 3.30. The molecular formula is C7H8ClN3. The SMILES string of the molecule is C[C@H](CC#N)n1cc(Cl)cn1. The minimum atomic E-state index is 0.104. The third-order valence-electron chi connectivity index (χ3n) is 1.41. The van der Waals surface area contributed by atoms with Crippen LogP contribution in [0.1, 0.15) is 19.4 Å². The minimum absolute atomic E-state index is 0.104. The molecule has 0 aliphatic carbocycles. The molecule has 1 aromatic rings. The van der Waals surface area contributed by atoms with Gasteiger partial charge in [0.05, 0.1) is 29.8 Å². The number of aromatic nitrogens is 2. The average Bonchev–Trinajstić information content (AvgIpc) is 2.36. The molecule has 0 aliphatic rings. The van der Waals surface area contributed by atoms with Gasteiger partial charge in [-0.2, -0.15) is 10.4 Å². The second-order valence-electron chi connectivity index (χ2n) is 2.35.